The van der Waals surface area contributed by atoms with Gasteiger partial charge < -0.3 is 4.74 Å². The molecule has 0 atom stereocenters. The fourth-order valence-corrected chi connectivity index (χ4v) is 4.51. The molecule has 5 rings (SSSR count). The molecule has 4 aromatic rings. The highest BCUT2D eigenvalue weighted by atomic mass is 32.1. The van der Waals surface area contributed by atoms with Crippen LogP contribution in [0, 0.1) is 0 Å². The van der Waals surface area contributed by atoms with Crippen LogP contribution in [0.2, 0.25) is 0 Å². The highest BCUT2D eigenvalue weighted by molar-refractivity contribution is 7.19. The number of thiophene rings is 1. The average molecular weight is 345 g/mol. The van der Waals surface area contributed by atoms with Crippen molar-refractivity contribution in [3.63, 3.8) is 0 Å². The number of pyridine rings is 1. The van der Waals surface area contributed by atoms with Crippen LogP contribution in [0.3, 0.4) is 0 Å². The predicted octanol–water partition coefficient (Wildman–Crippen LogP) is 5.03. The zero-order valence-corrected chi connectivity index (χ0v) is 14.3. The van der Waals surface area contributed by atoms with Gasteiger partial charge >= 0.3 is 0 Å². The van der Waals surface area contributed by atoms with Gasteiger partial charge in [0.2, 0.25) is 5.88 Å². The highest BCUT2D eigenvalue weighted by Gasteiger charge is 2.23. The molecule has 0 N–H and O–H groups in total. The monoisotopic (exact) mass is 345 g/mol. The Morgan fingerprint density at radius 3 is 2.72 bits per heavy atom. The van der Waals surface area contributed by atoms with E-state index in [1.165, 1.54) is 16.9 Å². The lowest BCUT2D eigenvalue weighted by Crippen LogP contribution is -1.96. The topological polar surface area (TPSA) is 47.9 Å². The summed E-state index contributed by atoms with van der Waals surface area (Å²) in [4.78, 5) is 16.2. The molecule has 3 aromatic heterocycles. The van der Waals surface area contributed by atoms with Crippen molar-refractivity contribution in [1.29, 1.82) is 0 Å². The van der Waals surface area contributed by atoms with E-state index >= 15 is 0 Å². The number of aromatic nitrogens is 3. The summed E-state index contributed by atoms with van der Waals surface area (Å²) in [6, 6.07) is 13.7. The summed E-state index contributed by atoms with van der Waals surface area (Å²) in [5.74, 6) is 2.10. The van der Waals surface area contributed by atoms with Crippen molar-refractivity contribution in [3.8, 4) is 23.0 Å². The summed E-state index contributed by atoms with van der Waals surface area (Å²) in [6.45, 7) is 0. The molecule has 1 aliphatic rings. The summed E-state index contributed by atoms with van der Waals surface area (Å²) in [5.41, 5.74) is 2.26. The second-order valence-electron chi connectivity index (χ2n) is 6.05. The van der Waals surface area contributed by atoms with Gasteiger partial charge in [-0.2, -0.15) is 4.98 Å². The third-order valence-electron chi connectivity index (χ3n) is 4.41. The number of rotatable bonds is 3. The van der Waals surface area contributed by atoms with Gasteiger partial charge in [0, 0.05) is 22.8 Å². The van der Waals surface area contributed by atoms with E-state index in [0.29, 0.717) is 11.7 Å². The minimum atomic E-state index is 0.648. The number of ether oxygens (including phenoxy) is 1. The zero-order chi connectivity index (χ0) is 16.6. The summed E-state index contributed by atoms with van der Waals surface area (Å²) in [5, 5.41) is 1.08. The molecule has 4 nitrogen and oxygen atoms in total. The van der Waals surface area contributed by atoms with Gasteiger partial charge in [-0.05, 0) is 49.1 Å². The van der Waals surface area contributed by atoms with E-state index in [-0.39, 0.29) is 0 Å². The summed E-state index contributed by atoms with van der Waals surface area (Å²) < 4.78 is 6.17. The van der Waals surface area contributed by atoms with Crippen molar-refractivity contribution in [1.82, 2.24) is 15.0 Å². The molecule has 122 valence electrons. The number of nitrogens with zero attached hydrogens (tertiary/aromatic N) is 3. The SMILES string of the molecule is c1ccc(Oc2nc(-c3cccnc3)nc3sc4c(c23)CCC4)cc1. The van der Waals surface area contributed by atoms with Crippen LogP contribution in [0.1, 0.15) is 16.9 Å². The average Bonchev–Trinajstić information content (AvgIpc) is 3.24. The molecule has 0 bridgehead atoms. The fourth-order valence-electron chi connectivity index (χ4n) is 3.26. The first-order valence-electron chi connectivity index (χ1n) is 8.34. The second kappa shape index (κ2) is 5.93. The number of hydrogen-bond acceptors (Lipinski definition) is 5. The highest BCUT2D eigenvalue weighted by Crippen LogP contribution is 2.42. The molecule has 0 amide bonds. The van der Waals surface area contributed by atoms with E-state index in [2.05, 4.69) is 4.98 Å². The fraction of sp³-hybridized carbons (Fsp3) is 0.150. The molecule has 3 heterocycles. The minimum absolute atomic E-state index is 0.648. The number of benzene rings is 1. The number of para-hydroxylation sites is 1. The first kappa shape index (κ1) is 14.5. The summed E-state index contributed by atoms with van der Waals surface area (Å²) >= 11 is 1.77. The lowest BCUT2D eigenvalue weighted by molar-refractivity contribution is 0.469. The maximum Gasteiger partial charge on any atom is 0.231 e. The number of fused-ring (bicyclic) bond motifs is 3. The second-order valence-corrected chi connectivity index (χ2v) is 7.13. The van der Waals surface area contributed by atoms with E-state index in [0.717, 1.165) is 34.4 Å². The van der Waals surface area contributed by atoms with E-state index in [4.69, 9.17) is 14.7 Å². The van der Waals surface area contributed by atoms with Gasteiger partial charge in [0.05, 0.1) is 5.39 Å². The van der Waals surface area contributed by atoms with E-state index in [1.54, 1.807) is 23.7 Å². The van der Waals surface area contributed by atoms with Crippen molar-refractivity contribution >= 4 is 21.6 Å². The van der Waals surface area contributed by atoms with Gasteiger partial charge in [-0.1, -0.05) is 18.2 Å². The molecular formula is C20H15N3OS. The van der Waals surface area contributed by atoms with Crippen LogP contribution < -0.4 is 4.74 Å². The van der Waals surface area contributed by atoms with Crippen LogP contribution in [0.5, 0.6) is 11.6 Å². The number of hydrogen-bond donors (Lipinski definition) is 0. The molecule has 0 spiro atoms. The Balaban J connectivity index is 1.72. The van der Waals surface area contributed by atoms with Gasteiger partial charge in [-0.15, -0.1) is 11.3 Å². The Morgan fingerprint density at radius 2 is 1.88 bits per heavy atom. The molecule has 0 unspecified atom stereocenters. The van der Waals surface area contributed by atoms with Gasteiger partial charge in [-0.3, -0.25) is 4.98 Å². The summed E-state index contributed by atoms with van der Waals surface area (Å²) in [7, 11) is 0. The van der Waals surface area contributed by atoms with Crippen LogP contribution in [-0.4, -0.2) is 15.0 Å². The molecule has 0 aliphatic heterocycles. The van der Waals surface area contributed by atoms with E-state index < -0.39 is 0 Å². The molecular weight excluding hydrogens is 330 g/mol. The van der Waals surface area contributed by atoms with Gasteiger partial charge in [0.15, 0.2) is 5.82 Å². The molecule has 0 radical (unpaired) electrons. The largest absolute Gasteiger partial charge is 0.438 e. The smallest absolute Gasteiger partial charge is 0.231 e. The Bertz CT molecular complexity index is 1040. The maximum atomic E-state index is 6.17. The molecule has 5 heteroatoms. The van der Waals surface area contributed by atoms with Gasteiger partial charge in [0.1, 0.15) is 10.6 Å². The van der Waals surface area contributed by atoms with E-state index in [9.17, 15) is 0 Å². The summed E-state index contributed by atoms with van der Waals surface area (Å²) in [6.07, 6.45) is 6.95. The van der Waals surface area contributed by atoms with Crippen molar-refractivity contribution in [2.45, 2.75) is 19.3 Å². The predicted molar refractivity (Wildman–Crippen MR) is 99.2 cm³/mol. The molecule has 1 aromatic carbocycles. The van der Waals surface area contributed by atoms with Crippen LogP contribution in [-0.2, 0) is 12.8 Å². The molecule has 0 fully saturated rings. The lowest BCUT2D eigenvalue weighted by Gasteiger charge is -2.09. The molecule has 0 saturated heterocycles. The Labute approximate surface area is 149 Å². The van der Waals surface area contributed by atoms with Crippen LogP contribution in [0.15, 0.2) is 54.9 Å². The molecule has 1 aliphatic carbocycles. The Morgan fingerprint density at radius 1 is 0.960 bits per heavy atom. The zero-order valence-electron chi connectivity index (χ0n) is 13.5. The lowest BCUT2D eigenvalue weighted by atomic mass is 10.2. The first-order valence-corrected chi connectivity index (χ1v) is 9.16. The third kappa shape index (κ3) is 2.57. The van der Waals surface area contributed by atoms with Crippen LogP contribution in [0.25, 0.3) is 21.6 Å². The third-order valence-corrected chi connectivity index (χ3v) is 5.59. The minimum Gasteiger partial charge on any atom is -0.438 e. The van der Waals surface area contributed by atoms with Crippen molar-refractivity contribution in [2.24, 2.45) is 0 Å². The first-order chi connectivity index (χ1) is 12.4. The van der Waals surface area contributed by atoms with Gasteiger partial charge in [0.25, 0.3) is 0 Å². The van der Waals surface area contributed by atoms with Gasteiger partial charge in [-0.25, -0.2) is 4.98 Å². The van der Waals surface area contributed by atoms with Crippen molar-refractivity contribution in [3.05, 3.63) is 65.3 Å². The maximum absolute atomic E-state index is 6.17. The Hall–Kier alpha value is -2.79. The Kier molecular flexibility index (Phi) is 3.45. The normalized spacial score (nSPS) is 13.1. The molecule has 0 saturated carbocycles. The van der Waals surface area contributed by atoms with Crippen molar-refractivity contribution in [2.75, 3.05) is 0 Å². The quantitative estimate of drug-likeness (QED) is 0.522. The van der Waals surface area contributed by atoms with E-state index in [1.807, 2.05) is 42.5 Å². The number of aryl methyl sites for hydroxylation is 2. The van der Waals surface area contributed by atoms with Crippen molar-refractivity contribution < 1.29 is 4.74 Å². The van der Waals surface area contributed by atoms with Crippen LogP contribution >= 0.6 is 11.3 Å². The standard InChI is InChI=1S/C20H15N3OS/c1-2-7-14(8-3-1)24-19-17-15-9-4-10-16(15)25-20(17)23-18(22-19)13-6-5-11-21-12-13/h1-3,5-8,11-12H,4,9-10H2. The van der Waals surface area contributed by atoms with Crippen LogP contribution in [0.4, 0.5) is 0 Å². The molecule has 25 heavy (non-hydrogen) atoms.